The summed E-state index contributed by atoms with van der Waals surface area (Å²) in [4.78, 5) is 12.4. The van der Waals surface area contributed by atoms with Gasteiger partial charge in [-0.2, -0.15) is 8.78 Å². The van der Waals surface area contributed by atoms with E-state index in [0.29, 0.717) is 24.5 Å². The van der Waals surface area contributed by atoms with E-state index in [1.165, 1.54) is 12.1 Å². The van der Waals surface area contributed by atoms with Crippen LogP contribution < -0.4 is 14.8 Å². The third-order valence-corrected chi connectivity index (χ3v) is 3.61. The fourth-order valence-corrected chi connectivity index (χ4v) is 2.27. The summed E-state index contributed by atoms with van der Waals surface area (Å²) in [6, 6.07) is 12.7. The Morgan fingerprint density at radius 3 is 2.46 bits per heavy atom. The molecule has 0 spiro atoms. The highest BCUT2D eigenvalue weighted by molar-refractivity contribution is 5.94. The van der Waals surface area contributed by atoms with Gasteiger partial charge in [-0.1, -0.05) is 18.2 Å². The molecule has 0 radical (unpaired) electrons. The molecular formula is C19H21F2NO4. The van der Waals surface area contributed by atoms with Crippen LogP contribution >= 0.6 is 0 Å². The average Bonchev–Trinajstić information content (AvgIpc) is 2.62. The Hall–Kier alpha value is -2.67. The lowest BCUT2D eigenvalue weighted by Crippen LogP contribution is -2.26. The number of methoxy groups -OCH3 is 1. The third kappa shape index (κ3) is 6.00. The molecule has 5 nitrogen and oxygen atoms in total. The summed E-state index contributed by atoms with van der Waals surface area (Å²) in [5, 5.41) is 2.86. The molecule has 0 fully saturated rings. The lowest BCUT2D eigenvalue weighted by Gasteiger charge is -2.15. The largest absolute Gasteiger partial charge is 0.491 e. The third-order valence-electron chi connectivity index (χ3n) is 3.61. The van der Waals surface area contributed by atoms with Crippen molar-refractivity contribution in [2.75, 3.05) is 20.3 Å². The number of hydrogen-bond acceptors (Lipinski definition) is 4. The average molecular weight is 365 g/mol. The van der Waals surface area contributed by atoms with E-state index in [1.807, 2.05) is 0 Å². The number of benzene rings is 2. The maximum Gasteiger partial charge on any atom is 0.387 e. The minimum Gasteiger partial charge on any atom is -0.491 e. The molecule has 7 heteroatoms. The smallest absolute Gasteiger partial charge is 0.387 e. The van der Waals surface area contributed by atoms with Crippen molar-refractivity contribution in [3.8, 4) is 11.5 Å². The number of alkyl halides is 2. The highest BCUT2D eigenvalue weighted by atomic mass is 19.3. The van der Waals surface area contributed by atoms with Gasteiger partial charge in [-0.3, -0.25) is 4.79 Å². The summed E-state index contributed by atoms with van der Waals surface area (Å²) in [7, 11) is 1.58. The molecule has 0 aliphatic carbocycles. The lowest BCUT2D eigenvalue weighted by atomic mass is 10.1. The SMILES string of the molecule is COCCOc1cccc(C(=O)NC(C)c2ccc(OC(F)F)cc2)c1. The molecule has 26 heavy (non-hydrogen) atoms. The Bertz CT molecular complexity index is 707. The number of nitrogens with one attached hydrogen (secondary N) is 1. The first-order valence-electron chi connectivity index (χ1n) is 8.07. The van der Waals surface area contributed by atoms with E-state index in [-0.39, 0.29) is 17.7 Å². The molecule has 1 amide bonds. The molecule has 1 unspecified atom stereocenters. The van der Waals surface area contributed by atoms with Crippen molar-refractivity contribution in [1.29, 1.82) is 0 Å². The molecule has 0 saturated carbocycles. The number of carbonyl (C=O) groups is 1. The molecule has 2 aromatic carbocycles. The minimum absolute atomic E-state index is 0.0724. The Kier molecular flexibility index (Phi) is 7.35. The van der Waals surface area contributed by atoms with Gasteiger partial charge in [0.15, 0.2) is 0 Å². The van der Waals surface area contributed by atoms with E-state index in [9.17, 15) is 13.6 Å². The molecule has 0 saturated heterocycles. The predicted molar refractivity (Wildman–Crippen MR) is 92.8 cm³/mol. The van der Waals surface area contributed by atoms with Crippen LogP contribution in [0.5, 0.6) is 11.5 Å². The molecule has 0 aromatic heterocycles. The van der Waals surface area contributed by atoms with Crippen molar-refractivity contribution in [3.05, 3.63) is 59.7 Å². The van der Waals surface area contributed by atoms with Crippen molar-refractivity contribution in [1.82, 2.24) is 5.32 Å². The van der Waals surface area contributed by atoms with Crippen LogP contribution in [0.2, 0.25) is 0 Å². The van der Waals surface area contributed by atoms with Crippen molar-refractivity contribution in [2.45, 2.75) is 19.6 Å². The second-order valence-corrected chi connectivity index (χ2v) is 5.51. The molecule has 1 N–H and O–H groups in total. The monoisotopic (exact) mass is 365 g/mol. The van der Waals surface area contributed by atoms with E-state index in [4.69, 9.17) is 9.47 Å². The van der Waals surface area contributed by atoms with Crippen LogP contribution in [0.25, 0.3) is 0 Å². The normalized spacial score (nSPS) is 11.9. The molecule has 0 aliphatic rings. The molecule has 2 rings (SSSR count). The molecule has 0 heterocycles. The number of amides is 1. The van der Waals surface area contributed by atoms with Crippen molar-refractivity contribution in [3.63, 3.8) is 0 Å². The lowest BCUT2D eigenvalue weighted by molar-refractivity contribution is -0.0498. The summed E-state index contributed by atoms with van der Waals surface area (Å²) < 4.78 is 39.1. The quantitative estimate of drug-likeness (QED) is 0.687. The fraction of sp³-hybridized carbons (Fsp3) is 0.316. The Morgan fingerprint density at radius 2 is 1.81 bits per heavy atom. The van der Waals surface area contributed by atoms with E-state index < -0.39 is 6.61 Å². The van der Waals surface area contributed by atoms with Crippen molar-refractivity contribution >= 4 is 5.91 Å². The summed E-state index contributed by atoms with van der Waals surface area (Å²) >= 11 is 0. The number of ether oxygens (including phenoxy) is 3. The topological polar surface area (TPSA) is 56.8 Å². The highest BCUT2D eigenvalue weighted by Crippen LogP contribution is 2.20. The van der Waals surface area contributed by atoms with Gasteiger partial charge in [0.2, 0.25) is 0 Å². The Labute approximate surface area is 150 Å². The van der Waals surface area contributed by atoms with Gasteiger partial charge in [0, 0.05) is 12.7 Å². The predicted octanol–water partition coefficient (Wildman–Crippen LogP) is 3.80. The maximum atomic E-state index is 12.4. The zero-order valence-electron chi connectivity index (χ0n) is 14.6. The first kappa shape index (κ1) is 19.7. The van der Waals surface area contributed by atoms with Crippen LogP contribution in [-0.2, 0) is 4.74 Å². The van der Waals surface area contributed by atoms with E-state index in [2.05, 4.69) is 10.1 Å². The summed E-state index contributed by atoms with van der Waals surface area (Å²) in [5.74, 6) is 0.390. The van der Waals surface area contributed by atoms with Crippen LogP contribution in [0, 0.1) is 0 Å². The van der Waals surface area contributed by atoms with Crippen LogP contribution in [0.3, 0.4) is 0 Å². The van der Waals surface area contributed by atoms with Gasteiger partial charge in [-0.25, -0.2) is 0 Å². The van der Waals surface area contributed by atoms with Crippen molar-refractivity contribution in [2.24, 2.45) is 0 Å². The van der Waals surface area contributed by atoms with Crippen LogP contribution in [0.15, 0.2) is 48.5 Å². The molecule has 0 aliphatic heterocycles. The molecule has 140 valence electrons. The van der Waals surface area contributed by atoms with Gasteiger partial charge >= 0.3 is 6.61 Å². The fourth-order valence-electron chi connectivity index (χ4n) is 2.27. The molecule has 1 atom stereocenters. The maximum absolute atomic E-state index is 12.4. The Morgan fingerprint density at radius 1 is 1.08 bits per heavy atom. The zero-order chi connectivity index (χ0) is 18.9. The van der Waals surface area contributed by atoms with Gasteiger partial charge in [-0.15, -0.1) is 0 Å². The van der Waals surface area contributed by atoms with Gasteiger partial charge in [0.25, 0.3) is 5.91 Å². The summed E-state index contributed by atoms with van der Waals surface area (Å²) in [6.45, 7) is -0.208. The van der Waals surface area contributed by atoms with Crippen LogP contribution in [-0.4, -0.2) is 32.8 Å². The van der Waals surface area contributed by atoms with Crippen molar-refractivity contribution < 1.29 is 27.8 Å². The van der Waals surface area contributed by atoms with Crippen LogP contribution in [0.4, 0.5) is 8.78 Å². The number of rotatable bonds is 9. The van der Waals surface area contributed by atoms with E-state index >= 15 is 0 Å². The van der Waals surface area contributed by atoms with Gasteiger partial charge < -0.3 is 19.5 Å². The highest BCUT2D eigenvalue weighted by Gasteiger charge is 2.13. The van der Waals surface area contributed by atoms with Crippen LogP contribution in [0.1, 0.15) is 28.9 Å². The Balaban J connectivity index is 1.97. The minimum atomic E-state index is -2.86. The van der Waals surface area contributed by atoms with Gasteiger partial charge in [-0.05, 0) is 42.8 Å². The number of hydrogen-bond donors (Lipinski definition) is 1. The van der Waals surface area contributed by atoms with E-state index in [0.717, 1.165) is 5.56 Å². The first-order valence-corrected chi connectivity index (χ1v) is 8.07. The number of halogens is 2. The summed E-state index contributed by atoms with van der Waals surface area (Å²) in [5.41, 5.74) is 1.23. The first-order chi connectivity index (χ1) is 12.5. The second-order valence-electron chi connectivity index (χ2n) is 5.51. The molecule has 2 aromatic rings. The van der Waals surface area contributed by atoms with Gasteiger partial charge in [0.1, 0.15) is 18.1 Å². The molecular weight excluding hydrogens is 344 g/mol. The van der Waals surface area contributed by atoms with Gasteiger partial charge in [0.05, 0.1) is 12.6 Å². The standard InChI is InChI=1S/C19H21F2NO4/c1-13(14-6-8-16(9-7-14)26-19(20)21)22-18(23)15-4-3-5-17(12-15)25-11-10-24-2/h3-9,12-13,19H,10-11H2,1-2H3,(H,22,23). The van der Waals surface area contributed by atoms with E-state index in [1.54, 1.807) is 50.4 Å². The second kappa shape index (κ2) is 9.72. The zero-order valence-corrected chi connectivity index (χ0v) is 14.6. The molecule has 0 bridgehead atoms. The summed E-state index contributed by atoms with van der Waals surface area (Å²) in [6.07, 6.45) is 0. The number of carbonyl (C=O) groups excluding carboxylic acids is 1.